The average Bonchev–Trinajstić information content (AvgIpc) is 3.18. The van der Waals surface area contributed by atoms with Gasteiger partial charge in [-0.15, -0.1) is 13.2 Å². The zero-order chi connectivity index (χ0) is 21.5. The van der Waals surface area contributed by atoms with Crippen LogP contribution in [0.25, 0.3) is 0 Å². The van der Waals surface area contributed by atoms with Crippen LogP contribution in [-0.4, -0.2) is 73.3 Å². The van der Waals surface area contributed by atoms with Gasteiger partial charge in [0.15, 0.2) is 0 Å². The van der Waals surface area contributed by atoms with E-state index in [1.165, 1.54) is 0 Å². The highest BCUT2D eigenvalue weighted by molar-refractivity contribution is 5.86. The molecule has 0 aliphatic carbocycles. The topological polar surface area (TPSA) is 105 Å². The van der Waals surface area contributed by atoms with Gasteiger partial charge in [-0.25, -0.2) is 0 Å². The van der Waals surface area contributed by atoms with E-state index in [0.717, 1.165) is 12.8 Å². The van der Waals surface area contributed by atoms with E-state index in [2.05, 4.69) is 18.5 Å². The van der Waals surface area contributed by atoms with Crippen LogP contribution in [-0.2, 0) is 23.9 Å². The summed E-state index contributed by atoms with van der Waals surface area (Å²) in [5, 5.41) is 11.4. The molecule has 0 aromatic carbocycles. The van der Waals surface area contributed by atoms with Crippen LogP contribution in [0.1, 0.15) is 38.5 Å². The van der Waals surface area contributed by atoms with Crippen molar-refractivity contribution < 1.29 is 29.0 Å². The third-order valence-corrected chi connectivity index (χ3v) is 4.69. The van der Waals surface area contributed by atoms with Crippen molar-refractivity contribution >= 4 is 17.8 Å². The van der Waals surface area contributed by atoms with Crippen LogP contribution in [0.4, 0.5) is 0 Å². The van der Waals surface area contributed by atoms with E-state index in [-0.39, 0.29) is 56.5 Å². The van der Waals surface area contributed by atoms with Gasteiger partial charge < -0.3 is 24.8 Å². The van der Waals surface area contributed by atoms with E-state index in [0.29, 0.717) is 32.5 Å². The largest absolute Gasteiger partial charge is 0.463 e. The summed E-state index contributed by atoms with van der Waals surface area (Å²) in [4.78, 5) is 38.6. The molecule has 0 spiro atoms. The van der Waals surface area contributed by atoms with Crippen LogP contribution >= 0.6 is 0 Å². The lowest BCUT2D eigenvalue weighted by Gasteiger charge is -2.28. The van der Waals surface area contributed by atoms with E-state index in [1.807, 2.05) is 0 Å². The van der Waals surface area contributed by atoms with Gasteiger partial charge in [0.25, 0.3) is 0 Å². The molecule has 0 aromatic rings. The number of hydrogen-bond donors (Lipinski definition) is 2. The van der Waals surface area contributed by atoms with Crippen molar-refractivity contribution in [2.75, 3.05) is 39.5 Å². The number of nitrogens with one attached hydrogen (secondary N) is 1. The number of hydrogen-bond acceptors (Lipinski definition) is 6. The van der Waals surface area contributed by atoms with Crippen LogP contribution in [0.3, 0.4) is 0 Å². The van der Waals surface area contributed by atoms with E-state index in [1.54, 1.807) is 17.1 Å². The van der Waals surface area contributed by atoms with Gasteiger partial charge >= 0.3 is 5.97 Å². The summed E-state index contributed by atoms with van der Waals surface area (Å²) < 4.78 is 10.4. The molecule has 1 fully saturated rings. The van der Waals surface area contributed by atoms with Crippen LogP contribution in [0, 0.1) is 5.92 Å². The van der Waals surface area contributed by atoms with E-state index < -0.39 is 5.92 Å². The van der Waals surface area contributed by atoms with E-state index >= 15 is 0 Å². The molecule has 2 atom stereocenters. The molecule has 8 heteroatoms. The number of aliphatic hydroxyl groups excluding tert-OH is 1. The minimum Gasteiger partial charge on any atom is -0.463 e. The Bertz CT molecular complexity index is 551. The van der Waals surface area contributed by atoms with Crippen LogP contribution in [0.2, 0.25) is 0 Å². The van der Waals surface area contributed by atoms with Crippen molar-refractivity contribution in [2.45, 2.75) is 44.6 Å². The number of likely N-dealkylation sites (tertiary alicyclic amines) is 1. The number of allylic oxidation sites excluding steroid dienone is 2. The first-order chi connectivity index (χ1) is 14.0. The molecular weight excluding hydrogens is 376 g/mol. The summed E-state index contributed by atoms with van der Waals surface area (Å²) in [5.41, 5.74) is 0. The van der Waals surface area contributed by atoms with Gasteiger partial charge in [0.2, 0.25) is 11.8 Å². The maximum Gasteiger partial charge on any atom is 0.306 e. The molecule has 0 radical (unpaired) electrons. The molecule has 0 aromatic heterocycles. The highest BCUT2D eigenvalue weighted by Gasteiger charge is 2.34. The zero-order valence-electron chi connectivity index (χ0n) is 17.1. The summed E-state index contributed by atoms with van der Waals surface area (Å²) in [5.74, 6) is -1.14. The SMILES string of the molecule is C=CCCC(=O)OCC1CCCN1C(=O)C(CC=C)CC(=O)NCCOCCO. The summed E-state index contributed by atoms with van der Waals surface area (Å²) in [7, 11) is 0. The second kappa shape index (κ2) is 14.8. The van der Waals surface area contributed by atoms with E-state index in [4.69, 9.17) is 14.6 Å². The minimum atomic E-state index is -0.497. The number of esters is 1. The molecule has 0 bridgehead atoms. The fourth-order valence-corrected chi connectivity index (χ4v) is 3.21. The van der Waals surface area contributed by atoms with Gasteiger partial charge in [-0.3, -0.25) is 14.4 Å². The first-order valence-corrected chi connectivity index (χ1v) is 10.2. The normalized spacial score (nSPS) is 16.9. The molecule has 2 N–H and O–H groups in total. The average molecular weight is 411 g/mol. The molecule has 2 amide bonds. The first kappa shape index (κ1) is 24.8. The summed E-state index contributed by atoms with van der Waals surface area (Å²) in [6, 6.07) is -0.155. The lowest BCUT2D eigenvalue weighted by molar-refractivity contribution is -0.148. The van der Waals surface area contributed by atoms with Gasteiger partial charge in [-0.1, -0.05) is 12.2 Å². The third kappa shape index (κ3) is 9.71. The number of carbonyl (C=O) groups is 3. The summed E-state index contributed by atoms with van der Waals surface area (Å²) >= 11 is 0. The van der Waals surface area contributed by atoms with Crippen molar-refractivity contribution in [3.8, 4) is 0 Å². The second-order valence-electron chi connectivity index (χ2n) is 6.95. The molecule has 2 unspecified atom stereocenters. The maximum absolute atomic E-state index is 13.0. The molecule has 29 heavy (non-hydrogen) atoms. The van der Waals surface area contributed by atoms with Gasteiger partial charge in [-0.05, 0) is 25.7 Å². The Hall–Kier alpha value is -2.19. The van der Waals surface area contributed by atoms with Gasteiger partial charge in [0.05, 0.1) is 31.8 Å². The monoisotopic (exact) mass is 410 g/mol. The van der Waals surface area contributed by atoms with Crippen molar-refractivity contribution in [1.29, 1.82) is 0 Å². The number of aliphatic hydroxyl groups is 1. The summed E-state index contributed by atoms with van der Waals surface area (Å²) in [6.45, 7) is 8.83. The van der Waals surface area contributed by atoms with E-state index in [9.17, 15) is 14.4 Å². The first-order valence-electron chi connectivity index (χ1n) is 10.2. The second-order valence-corrected chi connectivity index (χ2v) is 6.95. The van der Waals surface area contributed by atoms with Crippen molar-refractivity contribution in [1.82, 2.24) is 10.2 Å². The van der Waals surface area contributed by atoms with Crippen molar-refractivity contribution in [3.05, 3.63) is 25.3 Å². The van der Waals surface area contributed by atoms with Crippen LogP contribution in [0.15, 0.2) is 25.3 Å². The number of ether oxygens (including phenoxy) is 2. The van der Waals surface area contributed by atoms with Crippen molar-refractivity contribution in [2.24, 2.45) is 5.92 Å². The Morgan fingerprint density at radius 3 is 2.72 bits per heavy atom. The Labute approximate surface area is 172 Å². The Morgan fingerprint density at radius 2 is 2.03 bits per heavy atom. The van der Waals surface area contributed by atoms with Gasteiger partial charge in [0.1, 0.15) is 6.61 Å². The van der Waals surface area contributed by atoms with Crippen molar-refractivity contribution in [3.63, 3.8) is 0 Å². The Kier molecular flexibility index (Phi) is 12.6. The standard InChI is InChI=1S/C21H34N2O6/c1-3-5-9-20(26)29-16-18-8-6-11-23(18)21(27)17(7-4-2)15-19(25)22-10-13-28-14-12-24/h3-4,17-18,24H,1-2,5-16H2,(H,22,25). The number of rotatable bonds is 15. The summed E-state index contributed by atoms with van der Waals surface area (Å²) in [6.07, 6.45) is 6.23. The quantitative estimate of drug-likeness (QED) is 0.239. The number of nitrogens with zero attached hydrogens (tertiary/aromatic N) is 1. The number of carbonyl (C=O) groups excluding carboxylic acids is 3. The Morgan fingerprint density at radius 1 is 1.24 bits per heavy atom. The Balaban J connectivity index is 2.53. The zero-order valence-corrected chi connectivity index (χ0v) is 17.1. The fraction of sp³-hybridized carbons (Fsp3) is 0.667. The lowest BCUT2D eigenvalue weighted by atomic mass is 9.98. The molecule has 1 aliphatic heterocycles. The molecule has 1 saturated heterocycles. The molecule has 1 heterocycles. The molecule has 1 rings (SSSR count). The van der Waals surface area contributed by atoms with Gasteiger partial charge in [0, 0.05) is 25.9 Å². The maximum atomic E-state index is 13.0. The highest BCUT2D eigenvalue weighted by atomic mass is 16.5. The van der Waals surface area contributed by atoms with Gasteiger partial charge in [-0.2, -0.15) is 0 Å². The highest BCUT2D eigenvalue weighted by Crippen LogP contribution is 2.23. The molecular formula is C21H34N2O6. The predicted octanol–water partition coefficient (Wildman–Crippen LogP) is 1.19. The molecule has 1 aliphatic rings. The molecule has 0 saturated carbocycles. The fourth-order valence-electron chi connectivity index (χ4n) is 3.21. The lowest BCUT2D eigenvalue weighted by Crippen LogP contribution is -2.43. The molecule has 164 valence electrons. The number of amides is 2. The predicted molar refractivity (Wildman–Crippen MR) is 109 cm³/mol. The minimum absolute atomic E-state index is 0.0627. The smallest absolute Gasteiger partial charge is 0.306 e. The molecule has 8 nitrogen and oxygen atoms in total. The van der Waals surface area contributed by atoms with Crippen LogP contribution in [0.5, 0.6) is 0 Å². The third-order valence-electron chi connectivity index (χ3n) is 4.69. The van der Waals surface area contributed by atoms with Crippen LogP contribution < -0.4 is 5.32 Å².